The minimum atomic E-state index is -0.237. The molecule has 2 heterocycles. The summed E-state index contributed by atoms with van der Waals surface area (Å²) in [5.74, 6) is -0.237. The lowest BCUT2D eigenvalue weighted by Gasteiger charge is -2.05. The topological polar surface area (TPSA) is 17.3 Å². The third-order valence-corrected chi connectivity index (χ3v) is 2.60. The summed E-state index contributed by atoms with van der Waals surface area (Å²) in [5, 5.41) is 0. The lowest BCUT2D eigenvalue weighted by atomic mass is 10.2. The number of benzene rings is 1. The Labute approximate surface area is 86.0 Å². The average molecular weight is 200 g/mol. The van der Waals surface area contributed by atoms with Gasteiger partial charge in [-0.15, -0.1) is 0 Å². The van der Waals surface area contributed by atoms with Crippen LogP contribution in [0.4, 0.5) is 4.39 Å². The van der Waals surface area contributed by atoms with Crippen LogP contribution >= 0.6 is 0 Å². The molecule has 2 nitrogen and oxygen atoms in total. The van der Waals surface area contributed by atoms with Crippen molar-refractivity contribution in [2.75, 3.05) is 0 Å². The third kappa shape index (κ3) is 1.13. The van der Waals surface area contributed by atoms with E-state index in [1.165, 1.54) is 12.1 Å². The number of hydrogen-bond acceptors (Lipinski definition) is 1. The SMILES string of the molecule is Cc1cc(F)cc2ncc3cccn3c12. The molecule has 0 aliphatic rings. The van der Waals surface area contributed by atoms with Gasteiger partial charge in [-0.1, -0.05) is 0 Å². The summed E-state index contributed by atoms with van der Waals surface area (Å²) in [4.78, 5) is 4.24. The normalized spacial score (nSPS) is 11.3. The molecule has 74 valence electrons. The molecule has 0 saturated carbocycles. The molecule has 3 heteroatoms. The number of nitrogens with zero attached hydrogens (tertiary/aromatic N) is 2. The first-order chi connectivity index (χ1) is 7.25. The average Bonchev–Trinajstić information content (AvgIpc) is 2.63. The summed E-state index contributed by atoms with van der Waals surface area (Å²) >= 11 is 0. The molecule has 0 atom stereocenters. The molecule has 0 unspecified atom stereocenters. The van der Waals surface area contributed by atoms with Crippen LogP contribution in [-0.4, -0.2) is 9.38 Å². The molecule has 3 aromatic rings. The van der Waals surface area contributed by atoms with Crippen LogP contribution in [-0.2, 0) is 0 Å². The lowest BCUT2D eigenvalue weighted by Crippen LogP contribution is -1.93. The van der Waals surface area contributed by atoms with E-state index in [0.29, 0.717) is 5.52 Å². The van der Waals surface area contributed by atoms with Crippen molar-refractivity contribution in [3.63, 3.8) is 0 Å². The minimum Gasteiger partial charge on any atom is -0.313 e. The second-order valence-corrected chi connectivity index (χ2v) is 3.65. The van der Waals surface area contributed by atoms with Gasteiger partial charge < -0.3 is 4.40 Å². The number of hydrogen-bond donors (Lipinski definition) is 0. The molecular weight excluding hydrogens is 191 g/mol. The Morgan fingerprint density at radius 1 is 1.33 bits per heavy atom. The van der Waals surface area contributed by atoms with Crippen LogP contribution < -0.4 is 0 Å². The molecule has 0 aliphatic heterocycles. The molecule has 2 aromatic heterocycles. The quantitative estimate of drug-likeness (QED) is 0.545. The Bertz CT molecular complexity index is 655. The highest BCUT2D eigenvalue weighted by molar-refractivity contribution is 5.81. The first-order valence-corrected chi connectivity index (χ1v) is 4.77. The lowest BCUT2D eigenvalue weighted by molar-refractivity contribution is 0.628. The molecule has 0 amide bonds. The zero-order valence-corrected chi connectivity index (χ0v) is 8.24. The van der Waals surface area contributed by atoms with Crippen LogP contribution in [0.5, 0.6) is 0 Å². The van der Waals surface area contributed by atoms with Gasteiger partial charge in [0.2, 0.25) is 0 Å². The third-order valence-electron chi connectivity index (χ3n) is 2.60. The van der Waals surface area contributed by atoms with Gasteiger partial charge in [0.1, 0.15) is 5.82 Å². The van der Waals surface area contributed by atoms with Crippen molar-refractivity contribution < 1.29 is 4.39 Å². The Hall–Kier alpha value is -1.90. The maximum atomic E-state index is 13.2. The molecule has 0 aliphatic carbocycles. The summed E-state index contributed by atoms with van der Waals surface area (Å²) < 4.78 is 15.2. The van der Waals surface area contributed by atoms with Crippen LogP contribution in [0.3, 0.4) is 0 Å². The molecule has 0 spiro atoms. The van der Waals surface area contributed by atoms with E-state index in [2.05, 4.69) is 4.98 Å². The van der Waals surface area contributed by atoms with Gasteiger partial charge in [-0.3, -0.25) is 4.98 Å². The monoisotopic (exact) mass is 200 g/mol. The number of aryl methyl sites for hydroxylation is 1. The van der Waals surface area contributed by atoms with E-state index >= 15 is 0 Å². The van der Waals surface area contributed by atoms with E-state index in [-0.39, 0.29) is 5.82 Å². The highest BCUT2D eigenvalue weighted by atomic mass is 19.1. The van der Waals surface area contributed by atoms with Crippen molar-refractivity contribution in [2.24, 2.45) is 0 Å². The molecule has 3 rings (SSSR count). The standard InChI is InChI=1S/C12H9FN2/c1-8-5-9(13)6-11-12(8)15-4-2-3-10(15)7-14-11/h2-7H,1H3. The van der Waals surface area contributed by atoms with Gasteiger partial charge in [0.05, 0.1) is 22.7 Å². The molecule has 0 fully saturated rings. The van der Waals surface area contributed by atoms with Crippen molar-refractivity contribution in [1.29, 1.82) is 0 Å². The van der Waals surface area contributed by atoms with Gasteiger partial charge in [0.15, 0.2) is 0 Å². The molecule has 0 bridgehead atoms. The number of fused-ring (bicyclic) bond motifs is 3. The second kappa shape index (κ2) is 2.79. The predicted octanol–water partition coefficient (Wildman–Crippen LogP) is 2.94. The Morgan fingerprint density at radius 3 is 3.07 bits per heavy atom. The first kappa shape index (κ1) is 8.41. The van der Waals surface area contributed by atoms with Crippen molar-refractivity contribution in [1.82, 2.24) is 9.38 Å². The first-order valence-electron chi connectivity index (χ1n) is 4.77. The van der Waals surface area contributed by atoms with Crippen LogP contribution in [0.2, 0.25) is 0 Å². The fraction of sp³-hybridized carbons (Fsp3) is 0.0833. The van der Waals surface area contributed by atoms with Crippen LogP contribution in [0.1, 0.15) is 5.56 Å². The van der Waals surface area contributed by atoms with Crippen molar-refractivity contribution >= 4 is 16.6 Å². The van der Waals surface area contributed by atoms with Gasteiger partial charge in [-0.25, -0.2) is 4.39 Å². The predicted molar refractivity (Wildman–Crippen MR) is 57.4 cm³/mol. The smallest absolute Gasteiger partial charge is 0.125 e. The Balaban J connectivity index is 2.62. The van der Waals surface area contributed by atoms with Crippen molar-refractivity contribution in [3.8, 4) is 0 Å². The summed E-state index contributed by atoms with van der Waals surface area (Å²) in [5.41, 5.74) is 3.59. The molecule has 0 N–H and O–H groups in total. The molecule has 0 radical (unpaired) electrons. The van der Waals surface area contributed by atoms with Crippen molar-refractivity contribution in [3.05, 3.63) is 48.0 Å². The fourth-order valence-corrected chi connectivity index (χ4v) is 1.97. The van der Waals surface area contributed by atoms with E-state index in [0.717, 1.165) is 16.6 Å². The fourth-order valence-electron chi connectivity index (χ4n) is 1.97. The van der Waals surface area contributed by atoms with E-state index in [4.69, 9.17) is 0 Å². The molecule has 15 heavy (non-hydrogen) atoms. The Kier molecular flexibility index (Phi) is 1.57. The minimum absolute atomic E-state index is 0.237. The summed E-state index contributed by atoms with van der Waals surface area (Å²) in [6, 6.07) is 6.93. The van der Waals surface area contributed by atoms with E-state index < -0.39 is 0 Å². The van der Waals surface area contributed by atoms with Crippen molar-refractivity contribution in [2.45, 2.75) is 6.92 Å². The van der Waals surface area contributed by atoms with Crippen LogP contribution in [0.15, 0.2) is 36.7 Å². The zero-order chi connectivity index (χ0) is 10.4. The number of halogens is 1. The van der Waals surface area contributed by atoms with Gasteiger partial charge in [-0.05, 0) is 30.7 Å². The Morgan fingerprint density at radius 2 is 2.20 bits per heavy atom. The highest BCUT2D eigenvalue weighted by Gasteiger charge is 2.05. The summed E-state index contributed by atoms with van der Waals surface area (Å²) in [6.45, 7) is 1.90. The van der Waals surface area contributed by atoms with Gasteiger partial charge in [0.25, 0.3) is 0 Å². The van der Waals surface area contributed by atoms with E-state index in [1.54, 1.807) is 6.20 Å². The molecule has 1 aromatic carbocycles. The second-order valence-electron chi connectivity index (χ2n) is 3.65. The maximum absolute atomic E-state index is 13.2. The summed E-state index contributed by atoms with van der Waals surface area (Å²) in [6.07, 6.45) is 3.71. The van der Waals surface area contributed by atoms with Gasteiger partial charge >= 0.3 is 0 Å². The van der Waals surface area contributed by atoms with Gasteiger partial charge in [0, 0.05) is 12.3 Å². The summed E-state index contributed by atoms with van der Waals surface area (Å²) in [7, 11) is 0. The number of rotatable bonds is 0. The van der Waals surface area contributed by atoms with E-state index in [9.17, 15) is 4.39 Å². The highest BCUT2D eigenvalue weighted by Crippen LogP contribution is 2.20. The zero-order valence-electron chi connectivity index (χ0n) is 8.24. The van der Waals surface area contributed by atoms with Crippen LogP contribution in [0, 0.1) is 12.7 Å². The maximum Gasteiger partial charge on any atom is 0.125 e. The van der Waals surface area contributed by atoms with Gasteiger partial charge in [-0.2, -0.15) is 0 Å². The molecular formula is C12H9FN2. The van der Waals surface area contributed by atoms with E-state index in [1.807, 2.05) is 29.7 Å². The molecule has 0 saturated heterocycles. The van der Waals surface area contributed by atoms with Crippen LogP contribution in [0.25, 0.3) is 16.6 Å². The number of aromatic nitrogens is 2. The largest absolute Gasteiger partial charge is 0.313 e.